The molecule has 1 saturated heterocycles. The van der Waals surface area contributed by atoms with E-state index >= 15 is 0 Å². The van der Waals surface area contributed by atoms with Crippen molar-refractivity contribution < 1.29 is 4.74 Å². The quantitative estimate of drug-likeness (QED) is 0.936. The molecule has 1 fully saturated rings. The molecule has 1 heterocycles. The minimum atomic E-state index is -0.0594. The number of rotatable bonds is 4. The highest BCUT2D eigenvalue weighted by Crippen LogP contribution is 2.21. The Bertz CT molecular complexity index is 564. The fourth-order valence-corrected chi connectivity index (χ4v) is 2.76. The van der Waals surface area contributed by atoms with Crippen LogP contribution >= 0.6 is 0 Å². The van der Waals surface area contributed by atoms with Crippen molar-refractivity contribution in [3.8, 4) is 0 Å². The van der Waals surface area contributed by atoms with Gasteiger partial charge in [-0.15, -0.1) is 0 Å². The Hall–Kier alpha value is -1.68. The zero-order valence-electron chi connectivity index (χ0n) is 12.2. The Kier molecular flexibility index (Phi) is 4.65. The van der Waals surface area contributed by atoms with Crippen molar-refractivity contribution in [2.75, 3.05) is 26.3 Å². The molecule has 0 aromatic heterocycles. The van der Waals surface area contributed by atoms with E-state index in [4.69, 9.17) is 10.5 Å². The SMILES string of the molecule is NC(c1ccccc1)c1cccc(CN2CCOCC2)c1. The van der Waals surface area contributed by atoms with Gasteiger partial charge in [-0.25, -0.2) is 0 Å². The highest BCUT2D eigenvalue weighted by atomic mass is 16.5. The summed E-state index contributed by atoms with van der Waals surface area (Å²) >= 11 is 0. The van der Waals surface area contributed by atoms with E-state index in [0.717, 1.165) is 38.4 Å². The number of morpholine rings is 1. The standard InChI is InChI=1S/C18H22N2O/c19-18(16-6-2-1-3-7-16)17-8-4-5-15(13-17)14-20-9-11-21-12-10-20/h1-8,13,18H,9-12,14,19H2. The summed E-state index contributed by atoms with van der Waals surface area (Å²) in [4.78, 5) is 2.43. The van der Waals surface area contributed by atoms with Gasteiger partial charge in [0.05, 0.1) is 19.3 Å². The van der Waals surface area contributed by atoms with E-state index in [-0.39, 0.29) is 6.04 Å². The molecular formula is C18H22N2O. The maximum Gasteiger partial charge on any atom is 0.0594 e. The fraction of sp³-hybridized carbons (Fsp3) is 0.333. The summed E-state index contributed by atoms with van der Waals surface area (Å²) < 4.78 is 5.40. The van der Waals surface area contributed by atoms with Crippen LogP contribution in [0.2, 0.25) is 0 Å². The molecule has 0 bridgehead atoms. The molecule has 0 radical (unpaired) electrons. The first-order valence-corrected chi connectivity index (χ1v) is 7.52. The summed E-state index contributed by atoms with van der Waals surface area (Å²) in [5.74, 6) is 0. The maximum absolute atomic E-state index is 6.38. The van der Waals surface area contributed by atoms with Gasteiger partial charge in [-0.2, -0.15) is 0 Å². The van der Waals surface area contributed by atoms with Gasteiger partial charge in [-0.1, -0.05) is 54.6 Å². The van der Waals surface area contributed by atoms with Gasteiger partial charge in [0.2, 0.25) is 0 Å². The van der Waals surface area contributed by atoms with Crippen molar-refractivity contribution in [1.82, 2.24) is 4.90 Å². The third-order valence-corrected chi connectivity index (χ3v) is 3.98. The molecule has 1 aliphatic heterocycles. The first-order chi connectivity index (χ1) is 10.3. The molecule has 1 atom stereocenters. The van der Waals surface area contributed by atoms with Gasteiger partial charge in [0.25, 0.3) is 0 Å². The van der Waals surface area contributed by atoms with Gasteiger partial charge in [0.1, 0.15) is 0 Å². The van der Waals surface area contributed by atoms with Crippen molar-refractivity contribution in [2.45, 2.75) is 12.6 Å². The maximum atomic E-state index is 6.38. The van der Waals surface area contributed by atoms with Crippen LogP contribution in [0.3, 0.4) is 0 Å². The van der Waals surface area contributed by atoms with E-state index in [9.17, 15) is 0 Å². The van der Waals surface area contributed by atoms with E-state index in [0.29, 0.717) is 0 Å². The lowest BCUT2D eigenvalue weighted by atomic mass is 9.98. The minimum Gasteiger partial charge on any atom is -0.379 e. The number of nitrogens with two attached hydrogens (primary N) is 1. The second-order valence-corrected chi connectivity index (χ2v) is 5.52. The number of hydrogen-bond acceptors (Lipinski definition) is 3. The molecule has 110 valence electrons. The summed E-state index contributed by atoms with van der Waals surface area (Å²) in [6, 6.07) is 18.8. The second kappa shape index (κ2) is 6.85. The lowest BCUT2D eigenvalue weighted by Gasteiger charge is -2.26. The number of benzene rings is 2. The third-order valence-electron chi connectivity index (χ3n) is 3.98. The predicted molar refractivity (Wildman–Crippen MR) is 85.0 cm³/mol. The third kappa shape index (κ3) is 3.70. The number of hydrogen-bond donors (Lipinski definition) is 1. The molecule has 0 amide bonds. The first kappa shape index (κ1) is 14.3. The predicted octanol–water partition coefficient (Wildman–Crippen LogP) is 2.57. The average molecular weight is 282 g/mol. The second-order valence-electron chi connectivity index (χ2n) is 5.52. The molecule has 3 rings (SSSR count). The lowest BCUT2D eigenvalue weighted by Crippen LogP contribution is -2.35. The number of ether oxygens (including phenoxy) is 1. The molecule has 3 nitrogen and oxygen atoms in total. The highest BCUT2D eigenvalue weighted by Gasteiger charge is 2.12. The van der Waals surface area contributed by atoms with Crippen molar-refractivity contribution >= 4 is 0 Å². The largest absolute Gasteiger partial charge is 0.379 e. The van der Waals surface area contributed by atoms with Crippen molar-refractivity contribution in [2.24, 2.45) is 5.73 Å². The molecule has 2 N–H and O–H groups in total. The normalized spacial score (nSPS) is 17.6. The molecule has 0 aliphatic carbocycles. The van der Waals surface area contributed by atoms with Crippen LogP contribution < -0.4 is 5.73 Å². The van der Waals surface area contributed by atoms with Crippen LogP contribution in [0.25, 0.3) is 0 Å². The van der Waals surface area contributed by atoms with Crippen molar-refractivity contribution in [3.63, 3.8) is 0 Å². The molecule has 3 heteroatoms. The Morgan fingerprint density at radius 2 is 1.67 bits per heavy atom. The zero-order chi connectivity index (χ0) is 14.5. The molecule has 1 aliphatic rings. The first-order valence-electron chi connectivity index (χ1n) is 7.52. The van der Waals surface area contributed by atoms with Crippen LogP contribution in [0.5, 0.6) is 0 Å². The van der Waals surface area contributed by atoms with Gasteiger partial charge in [0.15, 0.2) is 0 Å². The summed E-state index contributed by atoms with van der Waals surface area (Å²) in [5, 5.41) is 0. The highest BCUT2D eigenvalue weighted by molar-refractivity contribution is 5.33. The van der Waals surface area contributed by atoms with E-state index in [1.807, 2.05) is 18.2 Å². The molecule has 0 saturated carbocycles. The monoisotopic (exact) mass is 282 g/mol. The van der Waals surface area contributed by atoms with Gasteiger partial charge >= 0.3 is 0 Å². The minimum absolute atomic E-state index is 0.0594. The van der Waals surface area contributed by atoms with Crippen molar-refractivity contribution in [3.05, 3.63) is 71.3 Å². The number of nitrogens with zero attached hydrogens (tertiary/aromatic N) is 1. The average Bonchev–Trinajstić information content (AvgIpc) is 2.56. The zero-order valence-corrected chi connectivity index (χ0v) is 12.2. The van der Waals surface area contributed by atoms with E-state index in [1.54, 1.807) is 0 Å². The van der Waals surface area contributed by atoms with Gasteiger partial charge < -0.3 is 10.5 Å². The fourth-order valence-electron chi connectivity index (χ4n) is 2.76. The van der Waals surface area contributed by atoms with Crippen LogP contribution in [0, 0.1) is 0 Å². The Morgan fingerprint density at radius 1 is 0.952 bits per heavy atom. The topological polar surface area (TPSA) is 38.5 Å². The molecule has 1 unspecified atom stereocenters. The van der Waals surface area contributed by atoms with Crippen molar-refractivity contribution in [1.29, 1.82) is 0 Å². The van der Waals surface area contributed by atoms with Crippen LogP contribution in [0.15, 0.2) is 54.6 Å². The Balaban J connectivity index is 1.73. The summed E-state index contributed by atoms with van der Waals surface area (Å²) in [7, 11) is 0. The molecule has 2 aromatic rings. The van der Waals surface area contributed by atoms with E-state index in [2.05, 4.69) is 41.3 Å². The summed E-state index contributed by atoms with van der Waals surface area (Å²) in [5.41, 5.74) is 10.0. The van der Waals surface area contributed by atoms with Crippen LogP contribution in [0.1, 0.15) is 22.7 Å². The molecular weight excluding hydrogens is 260 g/mol. The Labute approximate surface area is 126 Å². The van der Waals surface area contributed by atoms with Crippen LogP contribution in [-0.2, 0) is 11.3 Å². The van der Waals surface area contributed by atoms with Crippen LogP contribution in [-0.4, -0.2) is 31.2 Å². The summed E-state index contributed by atoms with van der Waals surface area (Å²) in [6.45, 7) is 4.66. The molecule has 2 aromatic carbocycles. The van der Waals surface area contributed by atoms with E-state index < -0.39 is 0 Å². The van der Waals surface area contributed by atoms with Gasteiger partial charge in [-0.3, -0.25) is 4.90 Å². The Morgan fingerprint density at radius 3 is 2.43 bits per heavy atom. The van der Waals surface area contributed by atoms with Gasteiger partial charge in [0, 0.05) is 19.6 Å². The lowest BCUT2D eigenvalue weighted by molar-refractivity contribution is 0.0342. The molecule has 21 heavy (non-hydrogen) atoms. The smallest absolute Gasteiger partial charge is 0.0594 e. The van der Waals surface area contributed by atoms with Gasteiger partial charge in [-0.05, 0) is 16.7 Å². The van der Waals surface area contributed by atoms with Crippen LogP contribution in [0.4, 0.5) is 0 Å². The molecule has 0 spiro atoms. The summed E-state index contributed by atoms with van der Waals surface area (Å²) in [6.07, 6.45) is 0. The van der Waals surface area contributed by atoms with E-state index in [1.165, 1.54) is 11.1 Å².